The molecule has 16 heavy (non-hydrogen) atoms. The highest BCUT2D eigenvalue weighted by atomic mass is 19.3. The van der Waals surface area contributed by atoms with Gasteiger partial charge >= 0.3 is 5.97 Å². The molecule has 0 atom stereocenters. The molecule has 0 unspecified atom stereocenters. The molecule has 1 rings (SSSR count). The van der Waals surface area contributed by atoms with E-state index in [1.54, 1.807) is 6.92 Å². The van der Waals surface area contributed by atoms with Gasteiger partial charge in [0.25, 0.3) is 6.43 Å². The molecule has 1 aromatic heterocycles. The number of rotatable bonds is 3. The molecule has 0 radical (unpaired) electrons. The number of halogens is 2. The number of esters is 1. The van der Waals surface area contributed by atoms with E-state index in [1.165, 1.54) is 0 Å². The largest absolute Gasteiger partial charge is 0.462 e. The van der Waals surface area contributed by atoms with Gasteiger partial charge < -0.3 is 16.2 Å². The van der Waals surface area contributed by atoms with Crippen molar-refractivity contribution in [1.29, 1.82) is 0 Å². The molecular weight excluding hydrogens is 220 g/mol. The van der Waals surface area contributed by atoms with Crippen molar-refractivity contribution in [3.8, 4) is 0 Å². The first-order valence-corrected chi connectivity index (χ1v) is 4.48. The molecule has 0 bridgehead atoms. The SMILES string of the molecule is CCOC(=O)c1c(C(F)F)cnc(N)c1N. The summed E-state index contributed by atoms with van der Waals surface area (Å²) in [4.78, 5) is 14.9. The Morgan fingerprint density at radius 1 is 1.56 bits per heavy atom. The van der Waals surface area contributed by atoms with Gasteiger partial charge in [-0.1, -0.05) is 0 Å². The number of nitrogens with two attached hydrogens (primary N) is 2. The maximum Gasteiger partial charge on any atom is 0.340 e. The fourth-order valence-electron chi connectivity index (χ4n) is 1.15. The minimum absolute atomic E-state index is 0.0587. The first kappa shape index (κ1) is 12.2. The standard InChI is InChI=1S/C9H11F2N3O2/c1-2-16-9(15)5-4(7(10)11)3-14-8(13)6(5)12/h3,7H,2,12H2,1H3,(H2,13,14). The molecule has 0 spiro atoms. The summed E-state index contributed by atoms with van der Waals surface area (Å²) >= 11 is 0. The Hall–Kier alpha value is -1.92. The molecule has 7 heteroatoms. The van der Waals surface area contributed by atoms with Gasteiger partial charge in [-0.3, -0.25) is 0 Å². The van der Waals surface area contributed by atoms with Crippen molar-refractivity contribution in [1.82, 2.24) is 4.98 Å². The van der Waals surface area contributed by atoms with Gasteiger partial charge in [-0.25, -0.2) is 18.6 Å². The second kappa shape index (κ2) is 4.73. The molecule has 0 fully saturated rings. The van der Waals surface area contributed by atoms with E-state index in [1.807, 2.05) is 0 Å². The zero-order valence-electron chi connectivity index (χ0n) is 8.54. The number of nitrogens with zero attached hydrogens (tertiary/aromatic N) is 1. The Morgan fingerprint density at radius 3 is 2.69 bits per heavy atom. The maximum absolute atomic E-state index is 12.6. The summed E-state index contributed by atoms with van der Waals surface area (Å²) in [7, 11) is 0. The Kier molecular flexibility index (Phi) is 3.60. The summed E-state index contributed by atoms with van der Waals surface area (Å²) in [5, 5.41) is 0. The topological polar surface area (TPSA) is 91.2 Å². The number of ether oxygens (including phenoxy) is 1. The summed E-state index contributed by atoms with van der Waals surface area (Å²) in [5.41, 5.74) is 9.49. The molecule has 0 aromatic carbocycles. The smallest absolute Gasteiger partial charge is 0.340 e. The molecule has 0 aliphatic heterocycles. The lowest BCUT2D eigenvalue weighted by Gasteiger charge is -2.11. The molecule has 0 aliphatic rings. The van der Waals surface area contributed by atoms with Crippen LogP contribution in [0.5, 0.6) is 0 Å². The number of anilines is 2. The molecule has 1 heterocycles. The summed E-state index contributed by atoms with van der Waals surface area (Å²) in [6.45, 7) is 1.61. The van der Waals surface area contributed by atoms with E-state index in [-0.39, 0.29) is 18.1 Å². The molecule has 0 amide bonds. The number of carbonyl (C=O) groups is 1. The number of nitrogen functional groups attached to an aromatic ring is 2. The molecule has 88 valence electrons. The fraction of sp³-hybridized carbons (Fsp3) is 0.333. The number of aromatic nitrogens is 1. The zero-order valence-corrected chi connectivity index (χ0v) is 8.54. The third-order valence-corrected chi connectivity index (χ3v) is 1.89. The van der Waals surface area contributed by atoms with Gasteiger partial charge in [-0.15, -0.1) is 0 Å². The van der Waals surface area contributed by atoms with Crippen LogP contribution >= 0.6 is 0 Å². The molecule has 0 aliphatic carbocycles. The Bertz CT molecular complexity index is 410. The van der Waals surface area contributed by atoms with E-state index < -0.39 is 23.5 Å². The lowest BCUT2D eigenvalue weighted by atomic mass is 10.1. The predicted octanol–water partition coefficient (Wildman–Crippen LogP) is 1.36. The number of alkyl halides is 2. The van der Waals surface area contributed by atoms with Crippen LogP contribution < -0.4 is 11.5 Å². The van der Waals surface area contributed by atoms with Gasteiger partial charge in [0.05, 0.1) is 23.4 Å². The monoisotopic (exact) mass is 231 g/mol. The molecule has 4 N–H and O–H groups in total. The quantitative estimate of drug-likeness (QED) is 0.766. The number of carbonyl (C=O) groups excluding carboxylic acids is 1. The van der Waals surface area contributed by atoms with Crippen molar-refractivity contribution in [2.45, 2.75) is 13.3 Å². The van der Waals surface area contributed by atoms with Crippen molar-refractivity contribution in [2.75, 3.05) is 18.1 Å². The van der Waals surface area contributed by atoms with Crippen LogP contribution in [0.4, 0.5) is 20.3 Å². The lowest BCUT2D eigenvalue weighted by Crippen LogP contribution is -2.14. The second-order valence-corrected chi connectivity index (χ2v) is 2.91. The van der Waals surface area contributed by atoms with Crippen molar-refractivity contribution in [3.63, 3.8) is 0 Å². The minimum atomic E-state index is -2.87. The van der Waals surface area contributed by atoms with Crippen LogP contribution in [0.15, 0.2) is 6.20 Å². The van der Waals surface area contributed by atoms with E-state index in [0.717, 1.165) is 6.20 Å². The summed E-state index contributed by atoms with van der Waals surface area (Å²) in [6, 6.07) is 0. The van der Waals surface area contributed by atoms with E-state index in [2.05, 4.69) is 9.72 Å². The van der Waals surface area contributed by atoms with Crippen molar-refractivity contribution >= 4 is 17.5 Å². The molecule has 0 saturated carbocycles. The van der Waals surface area contributed by atoms with Crippen molar-refractivity contribution in [2.24, 2.45) is 0 Å². The van der Waals surface area contributed by atoms with Gasteiger partial charge in [0.15, 0.2) is 0 Å². The highest BCUT2D eigenvalue weighted by molar-refractivity contribution is 5.99. The van der Waals surface area contributed by atoms with Gasteiger partial charge in [-0.2, -0.15) is 0 Å². The van der Waals surface area contributed by atoms with Gasteiger partial charge in [0.1, 0.15) is 5.82 Å². The molecule has 0 saturated heterocycles. The van der Waals surface area contributed by atoms with E-state index >= 15 is 0 Å². The van der Waals surface area contributed by atoms with Crippen LogP contribution in [-0.4, -0.2) is 17.6 Å². The first-order valence-electron chi connectivity index (χ1n) is 4.48. The second-order valence-electron chi connectivity index (χ2n) is 2.91. The van der Waals surface area contributed by atoms with E-state index in [9.17, 15) is 13.6 Å². The molecule has 1 aromatic rings. The molecular formula is C9H11F2N3O2. The van der Waals surface area contributed by atoms with Crippen LogP contribution in [0.25, 0.3) is 0 Å². The summed E-state index contributed by atoms with van der Waals surface area (Å²) in [5.74, 6) is -1.10. The van der Waals surface area contributed by atoms with E-state index in [0.29, 0.717) is 0 Å². The number of hydrogen-bond donors (Lipinski definition) is 2. The first-order chi connectivity index (χ1) is 7.49. The normalized spacial score (nSPS) is 10.5. The van der Waals surface area contributed by atoms with Crippen molar-refractivity contribution in [3.05, 3.63) is 17.3 Å². The lowest BCUT2D eigenvalue weighted by molar-refractivity contribution is 0.0516. The minimum Gasteiger partial charge on any atom is -0.462 e. The van der Waals surface area contributed by atoms with E-state index in [4.69, 9.17) is 11.5 Å². The summed E-state index contributed by atoms with van der Waals surface area (Å²) < 4.78 is 29.8. The predicted molar refractivity (Wildman–Crippen MR) is 54.0 cm³/mol. The number of pyridine rings is 1. The van der Waals surface area contributed by atoms with Crippen LogP contribution in [0.3, 0.4) is 0 Å². The molecule has 5 nitrogen and oxygen atoms in total. The average Bonchev–Trinajstić information content (AvgIpc) is 2.21. The van der Waals surface area contributed by atoms with Gasteiger partial charge in [0.2, 0.25) is 0 Å². The Labute approximate surface area is 90.4 Å². The Morgan fingerprint density at radius 2 is 2.19 bits per heavy atom. The Balaban J connectivity index is 3.31. The van der Waals surface area contributed by atoms with Crippen LogP contribution in [-0.2, 0) is 4.74 Å². The average molecular weight is 231 g/mol. The van der Waals surface area contributed by atoms with Crippen molar-refractivity contribution < 1.29 is 18.3 Å². The highest BCUT2D eigenvalue weighted by Gasteiger charge is 2.24. The summed E-state index contributed by atoms with van der Waals surface area (Å²) in [6.07, 6.45) is -2.04. The zero-order chi connectivity index (χ0) is 12.3. The fourth-order valence-corrected chi connectivity index (χ4v) is 1.15. The van der Waals surface area contributed by atoms with Crippen LogP contribution in [0, 0.1) is 0 Å². The highest BCUT2D eigenvalue weighted by Crippen LogP contribution is 2.29. The van der Waals surface area contributed by atoms with Crippen LogP contribution in [0.1, 0.15) is 29.3 Å². The maximum atomic E-state index is 12.6. The third-order valence-electron chi connectivity index (χ3n) is 1.89. The van der Waals surface area contributed by atoms with Gasteiger partial charge in [-0.05, 0) is 6.92 Å². The van der Waals surface area contributed by atoms with Crippen LogP contribution in [0.2, 0.25) is 0 Å². The third kappa shape index (κ3) is 2.18. The number of hydrogen-bond acceptors (Lipinski definition) is 5. The van der Waals surface area contributed by atoms with Gasteiger partial charge in [0, 0.05) is 6.20 Å².